The highest BCUT2D eigenvalue weighted by Crippen LogP contribution is 2.45. The van der Waals surface area contributed by atoms with Gasteiger partial charge in [0.25, 0.3) is 5.91 Å². The predicted molar refractivity (Wildman–Crippen MR) is 125 cm³/mol. The van der Waals surface area contributed by atoms with Gasteiger partial charge in [-0.3, -0.25) is 15.0 Å². The van der Waals surface area contributed by atoms with Gasteiger partial charge < -0.3 is 9.84 Å². The number of ether oxygens (including phenoxy) is 1. The predicted octanol–water partition coefficient (Wildman–Crippen LogP) is 4.29. The number of para-hydroxylation sites is 1. The van der Waals surface area contributed by atoms with Gasteiger partial charge in [0.1, 0.15) is 16.9 Å². The van der Waals surface area contributed by atoms with E-state index < -0.39 is 5.37 Å². The van der Waals surface area contributed by atoms with Crippen LogP contribution in [0.25, 0.3) is 6.08 Å². The smallest absolute Gasteiger partial charge is 0.280 e. The van der Waals surface area contributed by atoms with Gasteiger partial charge in [0.05, 0.1) is 18.4 Å². The number of hydrazine groups is 1. The highest BCUT2D eigenvalue weighted by atomic mass is 32.2. The van der Waals surface area contributed by atoms with Crippen molar-refractivity contribution in [3.05, 3.63) is 100 Å². The molecule has 2 amide bonds. The summed E-state index contributed by atoms with van der Waals surface area (Å²) in [6.07, 6.45) is 1.80. The van der Waals surface area contributed by atoms with Gasteiger partial charge in [0.15, 0.2) is 0 Å². The number of methoxy groups -OCH3 is 1. The molecule has 4 rings (SSSR count). The molecule has 6 nitrogen and oxygen atoms in total. The summed E-state index contributed by atoms with van der Waals surface area (Å²) in [6, 6.07) is 23.5. The van der Waals surface area contributed by atoms with Crippen molar-refractivity contribution >= 4 is 29.7 Å². The first-order chi connectivity index (χ1) is 15.5. The minimum atomic E-state index is -0.453. The molecule has 1 saturated heterocycles. The van der Waals surface area contributed by atoms with Crippen molar-refractivity contribution in [2.75, 3.05) is 7.11 Å². The minimum Gasteiger partial charge on any atom is -0.507 e. The van der Waals surface area contributed by atoms with Gasteiger partial charge >= 0.3 is 0 Å². The SMILES string of the molecule is COc1ccc(C2S/C(=C/c3ccccc3O)C(=O)N2NC(=O)Cc2ccccc2)cc1. The van der Waals surface area contributed by atoms with Crippen LogP contribution in [0, 0.1) is 0 Å². The number of carbonyl (C=O) groups is 2. The fraction of sp³-hybridized carbons (Fsp3) is 0.120. The average molecular weight is 447 g/mol. The number of aromatic hydroxyl groups is 1. The van der Waals surface area contributed by atoms with E-state index in [1.807, 2.05) is 54.6 Å². The summed E-state index contributed by atoms with van der Waals surface area (Å²) in [5, 5.41) is 11.0. The average Bonchev–Trinajstić information content (AvgIpc) is 3.11. The van der Waals surface area contributed by atoms with Crippen LogP contribution in [0.4, 0.5) is 0 Å². The number of phenolic OH excluding ortho intramolecular Hbond substituents is 1. The Bertz CT molecular complexity index is 1150. The number of nitrogens with zero attached hydrogens (tertiary/aromatic N) is 1. The summed E-state index contributed by atoms with van der Waals surface area (Å²) in [5.74, 6) is 0.168. The Balaban J connectivity index is 1.62. The lowest BCUT2D eigenvalue weighted by Gasteiger charge is -2.24. The molecule has 1 unspecified atom stereocenters. The molecule has 1 fully saturated rings. The molecule has 32 heavy (non-hydrogen) atoms. The van der Waals surface area contributed by atoms with E-state index in [0.717, 1.165) is 11.1 Å². The van der Waals surface area contributed by atoms with Crippen LogP contribution in [-0.2, 0) is 16.0 Å². The van der Waals surface area contributed by atoms with Crippen LogP contribution >= 0.6 is 11.8 Å². The fourth-order valence-corrected chi connectivity index (χ4v) is 4.53. The zero-order valence-electron chi connectivity index (χ0n) is 17.4. The van der Waals surface area contributed by atoms with Gasteiger partial charge in [-0.15, -0.1) is 0 Å². The summed E-state index contributed by atoms with van der Waals surface area (Å²) in [5.41, 5.74) is 5.01. The maximum absolute atomic E-state index is 13.2. The van der Waals surface area contributed by atoms with E-state index in [1.165, 1.54) is 16.8 Å². The van der Waals surface area contributed by atoms with Gasteiger partial charge in [-0.25, -0.2) is 5.01 Å². The Morgan fingerprint density at radius 1 is 1.06 bits per heavy atom. The van der Waals surface area contributed by atoms with Crippen molar-refractivity contribution in [3.63, 3.8) is 0 Å². The summed E-state index contributed by atoms with van der Waals surface area (Å²) >= 11 is 1.32. The van der Waals surface area contributed by atoms with Crippen molar-refractivity contribution < 1.29 is 19.4 Å². The van der Waals surface area contributed by atoms with Gasteiger partial charge in [0, 0.05) is 5.56 Å². The third-order valence-corrected chi connectivity index (χ3v) is 6.23. The van der Waals surface area contributed by atoms with Crippen molar-refractivity contribution in [2.45, 2.75) is 11.8 Å². The molecule has 0 spiro atoms. The van der Waals surface area contributed by atoms with Crippen molar-refractivity contribution in [1.82, 2.24) is 10.4 Å². The van der Waals surface area contributed by atoms with Crippen LogP contribution in [0.2, 0.25) is 0 Å². The van der Waals surface area contributed by atoms with Crippen LogP contribution in [0.3, 0.4) is 0 Å². The fourth-order valence-electron chi connectivity index (χ4n) is 3.35. The second-order valence-electron chi connectivity index (χ2n) is 7.18. The molecule has 1 atom stereocenters. The van der Waals surface area contributed by atoms with Crippen molar-refractivity contribution in [2.24, 2.45) is 0 Å². The van der Waals surface area contributed by atoms with E-state index in [2.05, 4.69) is 5.43 Å². The number of carbonyl (C=O) groups excluding carboxylic acids is 2. The molecule has 3 aromatic rings. The Morgan fingerprint density at radius 3 is 2.44 bits per heavy atom. The number of nitrogens with one attached hydrogen (secondary N) is 1. The van der Waals surface area contributed by atoms with Crippen molar-refractivity contribution in [1.29, 1.82) is 0 Å². The third-order valence-electron chi connectivity index (χ3n) is 4.98. The van der Waals surface area contributed by atoms with Gasteiger partial charge in [0.2, 0.25) is 5.91 Å². The molecular weight excluding hydrogens is 424 g/mol. The molecule has 1 aliphatic rings. The lowest BCUT2D eigenvalue weighted by molar-refractivity contribution is -0.137. The van der Waals surface area contributed by atoms with E-state index in [0.29, 0.717) is 16.2 Å². The molecule has 0 aliphatic carbocycles. The maximum atomic E-state index is 13.2. The number of hydrogen-bond acceptors (Lipinski definition) is 5. The van der Waals surface area contributed by atoms with E-state index in [1.54, 1.807) is 37.5 Å². The monoisotopic (exact) mass is 446 g/mol. The molecule has 2 N–H and O–H groups in total. The number of benzene rings is 3. The molecule has 0 radical (unpaired) electrons. The maximum Gasteiger partial charge on any atom is 0.280 e. The quantitative estimate of drug-likeness (QED) is 0.553. The van der Waals surface area contributed by atoms with Crippen LogP contribution in [-0.4, -0.2) is 29.0 Å². The molecule has 7 heteroatoms. The largest absolute Gasteiger partial charge is 0.507 e. The number of hydrogen-bond donors (Lipinski definition) is 2. The molecular formula is C25H22N2O4S. The number of amides is 2. The molecule has 1 aliphatic heterocycles. The normalized spacial score (nSPS) is 16.9. The van der Waals surface area contributed by atoms with Gasteiger partial charge in [-0.05, 0) is 35.4 Å². The van der Waals surface area contributed by atoms with Crippen LogP contribution < -0.4 is 10.2 Å². The first-order valence-electron chi connectivity index (χ1n) is 10.0. The Hall–Kier alpha value is -3.71. The Morgan fingerprint density at radius 2 is 1.75 bits per heavy atom. The van der Waals surface area contributed by atoms with Crippen LogP contribution in [0.5, 0.6) is 11.5 Å². The van der Waals surface area contributed by atoms with Crippen LogP contribution in [0.15, 0.2) is 83.8 Å². The standard InChI is InChI=1S/C25H22N2O4S/c1-31-20-13-11-18(12-14-20)25-27(26-23(29)15-17-7-3-2-4-8-17)24(30)22(32-25)16-19-9-5-6-10-21(19)28/h2-14,16,25,28H,15H2,1H3,(H,26,29)/b22-16+. The second-order valence-corrected chi connectivity index (χ2v) is 8.31. The highest BCUT2D eigenvalue weighted by Gasteiger charge is 2.38. The number of phenols is 1. The molecule has 1 heterocycles. The highest BCUT2D eigenvalue weighted by molar-refractivity contribution is 8.04. The number of rotatable bonds is 6. The van der Waals surface area contributed by atoms with E-state index in [-0.39, 0.29) is 24.0 Å². The number of thioether (sulfide) groups is 1. The summed E-state index contributed by atoms with van der Waals surface area (Å²) in [6.45, 7) is 0. The Labute approximate surface area is 190 Å². The lowest BCUT2D eigenvalue weighted by Crippen LogP contribution is -2.44. The van der Waals surface area contributed by atoms with Crippen molar-refractivity contribution in [3.8, 4) is 11.5 Å². The zero-order valence-corrected chi connectivity index (χ0v) is 18.2. The summed E-state index contributed by atoms with van der Waals surface area (Å²) in [7, 11) is 1.59. The molecule has 0 bridgehead atoms. The zero-order chi connectivity index (χ0) is 22.5. The van der Waals surface area contributed by atoms with E-state index in [9.17, 15) is 14.7 Å². The first-order valence-corrected chi connectivity index (χ1v) is 10.9. The van der Waals surface area contributed by atoms with Gasteiger partial charge in [-0.2, -0.15) is 0 Å². The lowest BCUT2D eigenvalue weighted by atomic mass is 10.1. The first kappa shape index (κ1) is 21.5. The van der Waals surface area contributed by atoms with E-state index >= 15 is 0 Å². The molecule has 162 valence electrons. The third kappa shape index (κ3) is 4.78. The second kappa shape index (κ2) is 9.62. The Kier molecular flexibility index (Phi) is 6.47. The summed E-state index contributed by atoms with van der Waals surface area (Å²) in [4.78, 5) is 26.4. The minimum absolute atomic E-state index is 0.0842. The van der Waals surface area contributed by atoms with Gasteiger partial charge in [-0.1, -0.05) is 72.4 Å². The topological polar surface area (TPSA) is 78.9 Å². The molecule has 0 aromatic heterocycles. The molecule has 0 saturated carbocycles. The summed E-state index contributed by atoms with van der Waals surface area (Å²) < 4.78 is 5.23. The van der Waals surface area contributed by atoms with Crippen LogP contribution in [0.1, 0.15) is 22.1 Å². The van der Waals surface area contributed by atoms with E-state index in [4.69, 9.17) is 4.74 Å². The molecule has 3 aromatic carbocycles.